The summed E-state index contributed by atoms with van der Waals surface area (Å²) in [4.78, 5) is 16.2. The number of hydrogen-bond acceptors (Lipinski definition) is 6. The first kappa shape index (κ1) is 14.5. The summed E-state index contributed by atoms with van der Waals surface area (Å²) in [5.41, 5.74) is 2.47. The van der Waals surface area contributed by atoms with Gasteiger partial charge in [-0.15, -0.1) is 11.3 Å². The second-order valence-electron chi connectivity index (χ2n) is 4.76. The fraction of sp³-hybridized carbons (Fsp3) is 0.188. The minimum Gasteiger partial charge on any atom is -0.457 e. The molecule has 3 aromatic rings. The average Bonchev–Trinajstić information content (AvgIpc) is 3.07. The number of fused-ring (bicyclic) bond motifs is 1. The lowest BCUT2D eigenvalue weighted by Gasteiger charge is -2.00. The number of hydrogen-bond donors (Lipinski definition) is 0. The number of esters is 1. The van der Waals surface area contributed by atoms with Crippen molar-refractivity contribution in [1.29, 1.82) is 0 Å². The van der Waals surface area contributed by atoms with Crippen LogP contribution in [0.4, 0.5) is 0 Å². The van der Waals surface area contributed by atoms with E-state index in [0.29, 0.717) is 5.76 Å². The van der Waals surface area contributed by atoms with Crippen molar-refractivity contribution in [2.45, 2.75) is 20.5 Å². The summed E-state index contributed by atoms with van der Waals surface area (Å²) in [6, 6.07) is 7.85. The van der Waals surface area contributed by atoms with Crippen LogP contribution in [0.15, 0.2) is 34.9 Å². The Bertz CT molecular complexity index is 796. The molecule has 0 fully saturated rings. The SMILES string of the molecule is Cc1noc(C)c1COC(=O)/C=C/c1nc2ccccc2s1. The van der Waals surface area contributed by atoms with E-state index in [4.69, 9.17) is 9.26 Å². The number of aromatic nitrogens is 2. The zero-order valence-corrected chi connectivity index (χ0v) is 13.0. The Kier molecular flexibility index (Phi) is 4.02. The summed E-state index contributed by atoms with van der Waals surface area (Å²) >= 11 is 1.53. The standard InChI is InChI=1S/C16H14N2O3S/c1-10-12(11(2)21-18-10)9-20-16(19)8-7-15-17-13-5-3-4-6-14(13)22-15/h3-8H,9H2,1-2H3/b8-7+. The van der Waals surface area contributed by atoms with Gasteiger partial charge in [-0.2, -0.15) is 0 Å². The smallest absolute Gasteiger partial charge is 0.331 e. The molecular formula is C16H14N2O3S. The number of para-hydroxylation sites is 1. The van der Waals surface area contributed by atoms with Gasteiger partial charge in [0.2, 0.25) is 0 Å². The summed E-state index contributed by atoms with van der Waals surface area (Å²) in [6.07, 6.45) is 3.05. The Labute approximate surface area is 131 Å². The van der Waals surface area contributed by atoms with Gasteiger partial charge in [0.05, 0.1) is 21.5 Å². The number of thiazole rings is 1. The second kappa shape index (κ2) is 6.11. The molecule has 0 aliphatic carbocycles. The number of aryl methyl sites for hydroxylation is 2. The van der Waals surface area contributed by atoms with E-state index in [1.54, 1.807) is 13.0 Å². The quantitative estimate of drug-likeness (QED) is 0.543. The molecule has 0 radical (unpaired) electrons. The predicted octanol–water partition coefficient (Wildman–Crippen LogP) is 3.66. The minimum atomic E-state index is -0.417. The third-order valence-electron chi connectivity index (χ3n) is 3.21. The van der Waals surface area contributed by atoms with Crippen LogP contribution in [0, 0.1) is 13.8 Å². The summed E-state index contributed by atoms with van der Waals surface area (Å²) in [7, 11) is 0. The lowest BCUT2D eigenvalue weighted by molar-refractivity contribution is -0.138. The van der Waals surface area contributed by atoms with Crippen LogP contribution >= 0.6 is 11.3 Å². The second-order valence-corrected chi connectivity index (χ2v) is 5.83. The molecule has 112 valence electrons. The molecule has 3 rings (SSSR count). The normalized spacial score (nSPS) is 11.4. The van der Waals surface area contributed by atoms with Crippen molar-refractivity contribution in [1.82, 2.24) is 10.1 Å². The molecule has 1 aromatic carbocycles. The highest BCUT2D eigenvalue weighted by Gasteiger charge is 2.10. The largest absolute Gasteiger partial charge is 0.457 e. The fourth-order valence-electron chi connectivity index (χ4n) is 2.00. The van der Waals surface area contributed by atoms with Gasteiger partial charge in [-0.3, -0.25) is 0 Å². The van der Waals surface area contributed by atoms with E-state index < -0.39 is 5.97 Å². The Morgan fingerprint density at radius 2 is 2.18 bits per heavy atom. The first-order valence-corrected chi connectivity index (χ1v) is 7.57. The number of nitrogens with zero attached hydrogens (tertiary/aromatic N) is 2. The highest BCUT2D eigenvalue weighted by atomic mass is 32.1. The molecule has 2 aromatic heterocycles. The number of rotatable bonds is 4. The van der Waals surface area contributed by atoms with Gasteiger partial charge in [-0.25, -0.2) is 9.78 Å². The van der Waals surface area contributed by atoms with Crippen molar-refractivity contribution in [3.63, 3.8) is 0 Å². The van der Waals surface area contributed by atoms with Crippen LogP contribution in [0.1, 0.15) is 22.0 Å². The number of benzene rings is 1. The molecular weight excluding hydrogens is 300 g/mol. The predicted molar refractivity (Wildman–Crippen MR) is 84.4 cm³/mol. The minimum absolute atomic E-state index is 0.157. The molecule has 22 heavy (non-hydrogen) atoms. The topological polar surface area (TPSA) is 65.2 Å². The summed E-state index contributed by atoms with van der Waals surface area (Å²) in [6.45, 7) is 3.76. The lowest BCUT2D eigenvalue weighted by Crippen LogP contribution is -2.02. The molecule has 0 amide bonds. The summed E-state index contributed by atoms with van der Waals surface area (Å²) < 4.78 is 11.3. The molecule has 0 atom stereocenters. The van der Waals surface area contributed by atoms with E-state index in [0.717, 1.165) is 26.5 Å². The lowest BCUT2D eigenvalue weighted by atomic mass is 10.2. The third kappa shape index (κ3) is 3.07. The average molecular weight is 314 g/mol. The van der Waals surface area contributed by atoms with Crippen LogP contribution in [-0.4, -0.2) is 16.1 Å². The molecule has 0 bridgehead atoms. The van der Waals surface area contributed by atoms with Crippen LogP contribution in [0.3, 0.4) is 0 Å². The van der Waals surface area contributed by atoms with Gasteiger partial charge >= 0.3 is 5.97 Å². The highest BCUT2D eigenvalue weighted by molar-refractivity contribution is 7.19. The summed E-state index contributed by atoms with van der Waals surface area (Å²) in [5, 5.41) is 4.59. The zero-order valence-electron chi connectivity index (χ0n) is 12.2. The first-order chi connectivity index (χ1) is 10.6. The van der Waals surface area contributed by atoms with Crippen molar-refractivity contribution in [3.05, 3.63) is 52.4 Å². The maximum atomic E-state index is 11.8. The van der Waals surface area contributed by atoms with Crippen LogP contribution in [0.5, 0.6) is 0 Å². The Balaban J connectivity index is 1.63. The van der Waals surface area contributed by atoms with Crippen LogP contribution in [0.2, 0.25) is 0 Å². The van der Waals surface area contributed by atoms with E-state index >= 15 is 0 Å². The van der Waals surface area contributed by atoms with Gasteiger partial charge in [0, 0.05) is 6.08 Å². The van der Waals surface area contributed by atoms with Crippen LogP contribution in [-0.2, 0) is 16.1 Å². The molecule has 0 spiro atoms. The van der Waals surface area contributed by atoms with Crippen LogP contribution < -0.4 is 0 Å². The molecule has 2 heterocycles. The van der Waals surface area contributed by atoms with E-state index in [1.165, 1.54) is 17.4 Å². The van der Waals surface area contributed by atoms with Crippen molar-refractivity contribution < 1.29 is 14.1 Å². The first-order valence-electron chi connectivity index (χ1n) is 6.75. The van der Waals surface area contributed by atoms with E-state index in [-0.39, 0.29) is 6.61 Å². The number of carbonyl (C=O) groups excluding carboxylic acids is 1. The van der Waals surface area contributed by atoms with Crippen molar-refractivity contribution >= 4 is 33.6 Å². The van der Waals surface area contributed by atoms with Gasteiger partial charge in [0.25, 0.3) is 0 Å². The molecule has 0 saturated carbocycles. The maximum Gasteiger partial charge on any atom is 0.331 e. The fourth-order valence-corrected chi connectivity index (χ4v) is 2.87. The van der Waals surface area contributed by atoms with Crippen LogP contribution in [0.25, 0.3) is 16.3 Å². The van der Waals surface area contributed by atoms with Crippen molar-refractivity contribution in [2.75, 3.05) is 0 Å². The molecule has 0 aliphatic rings. The number of carbonyl (C=O) groups is 1. The summed E-state index contributed by atoms with van der Waals surface area (Å²) in [5.74, 6) is 0.250. The van der Waals surface area contributed by atoms with Gasteiger partial charge in [-0.05, 0) is 32.1 Å². The molecule has 5 nitrogen and oxygen atoms in total. The Morgan fingerprint density at radius 1 is 1.36 bits per heavy atom. The number of ether oxygens (including phenoxy) is 1. The molecule has 0 aliphatic heterocycles. The van der Waals surface area contributed by atoms with Gasteiger partial charge < -0.3 is 9.26 Å². The molecule has 0 saturated heterocycles. The highest BCUT2D eigenvalue weighted by Crippen LogP contribution is 2.22. The van der Waals surface area contributed by atoms with E-state index in [9.17, 15) is 4.79 Å². The maximum absolute atomic E-state index is 11.8. The van der Waals surface area contributed by atoms with E-state index in [1.807, 2.05) is 31.2 Å². The molecule has 6 heteroatoms. The third-order valence-corrected chi connectivity index (χ3v) is 4.21. The molecule has 0 unspecified atom stereocenters. The van der Waals surface area contributed by atoms with Gasteiger partial charge in [0.15, 0.2) is 0 Å². The monoisotopic (exact) mass is 314 g/mol. The van der Waals surface area contributed by atoms with Crippen molar-refractivity contribution in [2.24, 2.45) is 0 Å². The van der Waals surface area contributed by atoms with Crippen molar-refractivity contribution in [3.8, 4) is 0 Å². The zero-order chi connectivity index (χ0) is 15.5. The molecule has 0 N–H and O–H groups in total. The Morgan fingerprint density at radius 3 is 2.91 bits per heavy atom. The Hall–Kier alpha value is -2.47. The van der Waals surface area contributed by atoms with Gasteiger partial charge in [0.1, 0.15) is 17.4 Å². The van der Waals surface area contributed by atoms with E-state index in [2.05, 4.69) is 10.1 Å². The van der Waals surface area contributed by atoms with Gasteiger partial charge in [-0.1, -0.05) is 17.3 Å².